The Morgan fingerprint density at radius 1 is 1.17 bits per heavy atom. The van der Waals surface area contributed by atoms with E-state index in [4.69, 9.17) is 0 Å². The van der Waals surface area contributed by atoms with Crippen molar-refractivity contribution in [1.29, 1.82) is 0 Å². The summed E-state index contributed by atoms with van der Waals surface area (Å²) in [6.45, 7) is 10.0. The molecule has 0 unspecified atom stereocenters. The van der Waals surface area contributed by atoms with Crippen molar-refractivity contribution in [3.63, 3.8) is 0 Å². The molecule has 2 rings (SSSR count). The molecule has 0 saturated heterocycles. The number of hydrogen-bond acceptors (Lipinski definition) is 4. The number of carbonyl (C=O) groups is 1. The molecule has 1 amide bonds. The van der Waals surface area contributed by atoms with Gasteiger partial charge in [0.05, 0.1) is 5.75 Å². The second kappa shape index (κ2) is 8.87. The summed E-state index contributed by atoms with van der Waals surface area (Å²) in [7, 11) is 0. The van der Waals surface area contributed by atoms with Gasteiger partial charge in [0.2, 0.25) is 5.91 Å². The molecule has 0 aliphatic heterocycles. The number of benzene rings is 1. The first kappa shape index (κ1) is 18.5. The van der Waals surface area contributed by atoms with Crippen molar-refractivity contribution in [2.45, 2.75) is 45.7 Å². The molecule has 1 heterocycles. The molecule has 2 aromatic rings. The second-order valence-electron chi connectivity index (χ2n) is 5.92. The van der Waals surface area contributed by atoms with E-state index in [1.54, 1.807) is 6.33 Å². The number of amides is 1. The first-order valence-corrected chi connectivity index (χ1v) is 9.43. The van der Waals surface area contributed by atoms with Crippen molar-refractivity contribution < 1.29 is 4.79 Å². The normalized spacial score (nSPS) is 10.8. The van der Waals surface area contributed by atoms with Crippen LogP contribution in [-0.4, -0.2) is 44.4 Å². The zero-order valence-electron chi connectivity index (χ0n) is 15.0. The number of hydrogen-bond donors (Lipinski definition) is 0. The Labute approximate surface area is 148 Å². The van der Waals surface area contributed by atoms with Gasteiger partial charge in [-0.05, 0) is 49.9 Å². The predicted octanol–water partition coefficient (Wildman–Crippen LogP) is 3.62. The van der Waals surface area contributed by atoms with E-state index >= 15 is 0 Å². The molecule has 0 spiro atoms. The van der Waals surface area contributed by atoms with Gasteiger partial charge < -0.3 is 4.90 Å². The van der Waals surface area contributed by atoms with Gasteiger partial charge in [-0.2, -0.15) is 0 Å². The van der Waals surface area contributed by atoms with Crippen LogP contribution in [0.4, 0.5) is 0 Å². The molecule has 130 valence electrons. The molecule has 1 aromatic carbocycles. The Kier molecular flexibility index (Phi) is 6.85. The van der Waals surface area contributed by atoms with Crippen LogP contribution in [0.2, 0.25) is 0 Å². The van der Waals surface area contributed by atoms with Crippen LogP contribution in [0.3, 0.4) is 0 Å². The first-order chi connectivity index (χ1) is 11.6. The SMILES string of the molecule is CCCN(CCC)C(=O)CSc1nncn1-c1ccc(C)c(C)c1. The Balaban J connectivity index is 2.07. The summed E-state index contributed by atoms with van der Waals surface area (Å²) in [5.41, 5.74) is 3.51. The maximum absolute atomic E-state index is 12.4. The molecular formula is C18H26N4OS. The molecule has 0 bridgehead atoms. The lowest BCUT2D eigenvalue weighted by Crippen LogP contribution is -2.33. The Morgan fingerprint density at radius 3 is 2.50 bits per heavy atom. The van der Waals surface area contributed by atoms with Gasteiger partial charge in [0, 0.05) is 18.8 Å². The molecule has 0 saturated carbocycles. The summed E-state index contributed by atoms with van der Waals surface area (Å²) in [6.07, 6.45) is 3.66. The van der Waals surface area contributed by atoms with Crippen molar-refractivity contribution >= 4 is 17.7 Å². The number of carbonyl (C=O) groups excluding carboxylic acids is 1. The average Bonchev–Trinajstić information content (AvgIpc) is 3.03. The minimum atomic E-state index is 0.165. The number of nitrogens with zero attached hydrogens (tertiary/aromatic N) is 4. The third kappa shape index (κ3) is 4.60. The fourth-order valence-electron chi connectivity index (χ4n) is 2.49. The summed E-state index contributed by atoms with van der Waals surface area (Å²) in [4.78, 5) is 14.3. The monoisotopic (exact) mass is 346 g/mol. The van der Waals surface area contributed by atoms with Crippen LogP contribution in [0.1, 0.15) is 37.8 Å². The van der Waals surface area contributed by atoms with Gasteiger partial charge in [-0.3, -0.25) is 9.36 Å². The first-order valence-electron chi connectivity index (χ1n) is 8.45. The summed E-state index contributed by atoms with van der Waals surface area (Å²) < 4.78 is 1.94. The highest BCUT2D eigenvalue weighted by Crippen LogP contribution is 2.21. The van der Waals surface area contributed by atoms with Gasteiger partial charge in [0.25, 0.3) is 0 Å². The van der Waals surface area contributed by atoms with Crippen LogP contribution in [0.25, 0.3) is 5.69 Å². The number of thioether (sulfide) groups is 1. The lowest BCUT2D eigenvalue weighted by Gasteiger charge is -2.21. The van der Waals surface area contributed by atoms with E-state index in [-0.39, 0.29) is 5.91 Å². The molecule has 0 aliphatic rings. The highest BCUT2D eigenvalue weighted by atomic mass is 32.2. The molecule has 1 aromatic heterocycles. The average molecular weight is 347 g/mol. The van der Waals surface area contributed by atoms with Gasteiger partial charge in [0.15, 0.2) is 5.16 Å². The quantitative estimate of drug-likeness (QED) is 0.685. The maximum atomic E-state index is 12.4. The Morgan fingerprint density at radius 2 is 1.88 bits per heavy atom. The minimum Gasteiger partial charge on any atom is -0.342 e. The highest BCUT2D eigenvalue weighted by Gasteiger charge is 2.15. The lowest BCUT2D eigenvalue weighted by molar-refractivity contribution is -0.128. The molecule has 0 fully saturated rings. The lowest BCUT2D eigenvalue weighted by atomic mass is 10.1. The minimum absolute atomic E-state index is 0.165. The zero-order valence-corrected chi connectivity index (χ0v) is 15.8. The van der Waals surface area contributed by atoms with Crippen LogP contribution < -0.4 is 0 Å². The topological polar surface area (TPSA) is 51.0 Å². The van der Waals surface area contributed by atoms with Gasteiger partial charge >= 0.3 is 0 Å². The van der Waals surface area contributed by atoms with E-state index < -0.39 is 0 Å². The van der Waals surface area contributed by atoms with Crippen LogP contribution >= 0.6 is 11.8 Å². The molecule has 6 heteroatoms. The second-order valence-corrected chi connectivity index (χ2v) is 6.86. The van der Waals surface area contributed by atoms with E-state index in [1.165, 1.54) is 22.9 Å². The summed E-state index contributed by atoms with van der Waals surface area (Å²) >= 11 is 1.44. The summed E-state index contributed by atoms with van der Waals surface area (Å²) in [5, 5.41) is 8.94. The predicted molar refractivity (Wildman–Crippen MR) is 98.7 cm³/mol. The largest absolute Gasteiger partial charge is 0.342 e. The van der Waals surface area contributed by atoms with Crippen LogP contribution in [0.5, 0.6) is 0 Å². The molecular weight excluding hydrogens is 320 g/mol. The maximum Gasteiger partial charge on any atom is 0.233 e. The van der Waals surface area contributed by atoms with Crippen LogP contribution in [-0.2, 0) is 4.79 Å². The Bertz CT molecular complexity index is 677. The number of aromatic nitrogens is 3. The smallest absolute Gasteiger partial charge is 0.233 e. The molecule has 24 heavy (non-hydrogen) atoms. The van der Waals surface area contributed by atoms with Crippen molar-refractivity contribution in [1.82, 2.24) is 19.7 Å². The standard InChI is InChI=1S/C18H26N4OS/c1-5-9-21(10-6-2)17(23)12-24-18-20-19-13-22(18)16-8-7-14(3)15(4)11-16/h7-8,11,13H,5-6,9-10,12H2,1-4H3. The Hall–Kier alpha value is -1.82. The van der Waals surface area contributed by atoms with E-state index in [1.807, 2.05) is 9.47 Å². The van der Waals surface area contributed by atoms with E-state index in [0.717, 1.165) is 36.8 Å². The van der Waals surface area contributed by atoms with Gasteiger partial charge in [-0.1, -0.05) is 31.7 Å². The summed E-state index contributed by atoms with van der Waals surface area (Å²) in [6, 6.07) is 6.26. The van der Waals surface area contributed by atoms with Gasteiger partial charge in [0.1, 0.15) is 6.33 Å². The van der Waals surface area contributed by atoms with Crippen molar-refractivity contribution in [3.05, 3.63) is 35.7 Å². The van der Waals surface area contributed by atoms with E-state index in [2.05, 4.69) is 56.1 Å². The third-order valence-corrected chi connectivity index (χ3v) is 4.88. The van der Waals surface area contributed by atoms with Gasteiger partial charge in [-0.25, -0.2) is 0 Å². The molecule has 0 N–H and O–H groups in total. The molecule has 5 nitrogen and oxygen atoms in total. The fourth-order valence-corrected chi connectivity index (χ4v) is 3.33. The number of rotatable bonds is 8. The zero-order chi connectivity index (χ0) is 17.5. The molecule has 0 radical (unpaired) electrons. The van der Waals surface area contributed by atoms with Gasteiger partial charge in [-0.15, -0.1) is 10.2 Å². The van der Waals surface area contributed by atoms with E-state index in [9.17, 15) is 4.79 Å². The van der Waals surface area contributed by atoms with Crippen molar-refractivity contribution in [2.24, 2.45) is 0 Å². The number of aryl methyl sites for hydroxylation is 2. The van der Waals surface area contributed by atoms with Crippen LogP contribution in [0.15, 0.2) is 29.7 Å². The third-order valence-electron chi connectivity index (χ3n) is 3.95. The fraction of sp³-hybridized carbons (Fsp3) is 0.500. The summed E-state index contributed by atoms with van der Waals surface area (Å²) in [5.74, 6) is 0.558. The van der Waals surface area contributed by atoms with Crippen LogP contribution in [0, 0.1) is 13.8 Å². The van der Waals surface area contributed by atoms with E-state index in [0.29, 0.717) is 5.75 Å². The molecule has 0 aliphatic carbocycles. The highest BCUT2D eigenvalue weighted by molar-refractivity contribution is 7.99. The van der Waals surface area contributed by atoms with Crippen molar-refractivity contribution in [2.75, 3.05) is 18.8 Å². The molecule has 0 atom stereocenters. The van der Waals surface area contributed by atoms with Crippen molar-refractivity contribution in [3.8, 4) is 5.69 Å².